The van der Waals surface area contributed by atoms with Gasteiger partial charge in [0.2, 0.25) is 0 Å². The Hall–Kier alpha value is -1.70. The molecule has 8 heteroatoms. The van der Waals surface area contributed by atoms with Crippen LogP contribution in [0.15, 0.2) is 6.20 Å². The Labute approximate surface area is 96.0 Å². The number of nitrogens with zero attached hydrogens (tertiary/aromatic N) is 2. The molecule has 1 rings (SSSR count). The normalized spacial score (nSPS) is 12.2. The van der Waals surface area contributed by atoms with Gasteiger partial charge >= 0.3 is 12.0 Å². The van der Waals surface area contributed by atoms with E-state index in [1.165, 1.54) is 6.20 Å². The maximum absolute atomic E-state index is 11.4. The highest BCUT2D eigenvalue weighted by Gasteiger charge is 2.23. The second kappa shape index (κ2) is 5.40. The summed E-state index contributed by atoms with van der Waals surface area (Å²) in [5.74, 6) is -1.25. The topological polar surface area (TPSA) is 104 Å². The van der Waals surface area contributed by atoms with E-state index in [9.17, 15) is 9.59 Å². The third kappa shape index (κ3) is 3.46. The number of carbonyl (C=O) groups excluding carboxylic acids is 1. The first-order valence-electron chi connectivity index (χ1n) is 4.58. The SMILES string of the molecule is CC(C)[C@H](NC(=O)Nc1cnns1)C(=O)O. The quantitative estimate of drug-likeness (QED) is 0.725. The van der Waals surface area contributed by atoms with Crippen molar-refractivity contribution >= 4 is 28.5 Å². The molecule has 88 valence electrons. The van der Waals surface area contributed by atoms with Gasteiger partial charge in [-0.25, -0.2) is 9.59 Å². The van der Waals surface area contributed by atoms with E-state index in [0.717, 1.165) is 11.5 Å². The lowest BCUT2D eigenvalue weighted by Gasteiger charge is -2.17. The highest BCUT2D eigenvalue weighted by molar-refractivity contribution is 7.10. The molecule has 1 heterocycles. The number of anilines is 1. The molecular weight excluding hydrogens is 232 g/mol. The summed E-state index contributed by atoms with van der Waals surface area (Å²) in [6.45, 7) is 3.43. The number of carboxylic acids is 1. The van der Waals surface area contributed by atoms with Crippen LogP contribution in [0.5, 0.6) is 0 Å². The van der Waals surface area contributed by atoms with E-state index in [4.69, 9.17) is 5.11 Å². The van der Waals surface area contributed by atoms with Crippen LogP contribution in [0, 0.1) is 5.92 Å². The third-order valence-corrected chi connectivity index (χ3v) is 2.40. The summed E-state index contributed by atoms with van der Waals surface area (Å²) in [5, 5.41) is 17.6. The smallest absolute Gasteiger partial charge is 0.326 e. The first-order valence-corrected chi connectivity index (χ1v) is 5.35. The number of hydrogen-bond acceptors (Lipinski definition) is 5. The maximum atomic E-state index is 11.4. The van der Waals surface area contributed by atoms with Gasteiger partial charge in [-0.2, -0.15) is 0 Å². The van der Waals surface area contributed by atoms with Gasteiger partial charge < -0.3 is 10.4 Å². The summed E-state index contributed by atoms with van der Waals surface area (Å²) in [6, 6.07) is -1.49. The van der Waals surface area contributed by atoms with Gasteiger partial charge in [0.1, 0.15) is 11.0 Å². The lowest BCUT2D eigenvalue weighted by Crippen LogP contribution is -2.46. The fourth-order valence-electron chi connectivity index (χ4n) is 1.03. The van der Waals surface area contributed by atoms with Crippen molar-refractivity contribution in [1.82, 2.24) is 14.9 Å². The fourth-order valence-corrected chi connectivity index (χ4v) is 1.44. The molecule has 1 aromatic rings. The molecule has 0 fully saturated rings. The first-order chi connectivity index (χ1) is 7.50. The lowest BCUT2D eigenvalue weighted by molar-refractivity contribution is -0.140. The average Bonchev–Trinajstić information content (AvgIpc) is 2.65. The Balaban J connectivity index is 2.52. The zero-order valence-electron chi connectivity index (χ0n) is 8.80. The number of nitrogens with one attached hydrogen (secondary N) is 2. The van der Waals surface area contributed by atoms with Crippen LogP contribution in [-0.4, -0.2) is 32.7 Å². The molecule has 3 N–H and O–H groups in total. The van der Waals surface area contributed by atoms with E-state index < -0.39 is 18.0 Å². The van der Waals surface area contributed by atoms with Gasteiger partial charge in [-0.15, -0.1) is 5.10 Å². The van der Waals surface area contributed by atoms with Crippen molar-refractivity contribution in [2.24, 2.45) is 5.92 Å². The number of carboxylic acid groups (broad SMARTS) is 1. The van der Waals surface area contributed by atoms with Crippen molar-refractivity contribution in [3.63, 3.8) is 0 Å². The Morgan fingerprint density at radius 3 is 2.62 bits per heavy atom. The molecule has 2 amide bonds. The molecule has 0 bridgehead atoms. The molecule has 0 saturated carbocycles. The summed E-state index contributed by atoms with van der Waals surface area (Å²) < 4.78 is 3.56. The molecule has 0 spiro atoms. The van der Waals surface area contributed by atoms with Crippen molar-refractivity contribution in [3.05, 3.63) is 6.20 Å². The number of rotatable bonds is 4. The highest BCUT2D eigenvalue weighted by atomic mass is 32.1. The predicted octanol–water partition coefficient (Wildman–Crippen LogP) is 0.769. The molecule has 1 aromatic heterocycles. The van der Waals surface area contributed by atoms with Crippen LogP contribution in [0.25, 0.3) is 0 Å². The minimum Gasteiger partial charge on any atom is -0.480 e. The van der Waals surface area contributed by atoms with Crippen LogP contribution in [0.4, 0.5) is 9.80 Å². The zero-order valence-corrected chi connectivity index (χ0v) is 9.61. The van der Waals surface area contributed by atoms with E-state index in [0.29, 0.717) is 5.00 Å². The van der Waals surface area contributed by atoms with E-state index in [-0.39, 0.29) is 5.92 Å². The Kier molecular flexibility index (Phi) is 4.18. The Morgan fingerprint density at radius 2 is 2.19 bits per heavy atom. The van der Waals surface area contributed by atoms with Crippen LogP contribution in [0.1, 0.15) is 13.8 Å². The van der Waals surface area contributed by atoms with Crippen molar-refractivity contribution in [2.45, 2.75) is 19.9 Å². The second-order valence-electron chi connectivity index (χ2n) is 3.44. The van der Waals surface area contributed by atoms with E-state index in [2.05, 4.69) is 20.2 Å². The molecule has 0 aromatic carbocycles. The summed E-state index contributed by atoms with van der Waals surface area (Å²) in [7, 11) is 0. The van der Waals surface area contributed by atoms with Crippen LogP contribution < -0.4 is 10.6 Å². The van der Waals surface area contributed by atoms with Crippen LogP contribution in [-0.2, 0) is 4.79 Å². The van der Waals surface area contributed by atoms with Crippen LogP contribution in [0.3, 0.4) is 0 Å². The molecule has 0 radical (unpaired) electrons. The van der Waals surface area contributed by atoms with Gasteiger partial charge in [-0.1, -0.05) is 18.3 Å². The van der Waals surface area contributed by atoms with Gasteiger partial charge in [0, 0.05) is 11.5 Å². The van der Waals surface area contributed by atoms with Crippen molar-refractivity contribution in [1.29, 1.82) is 0 Å². The van der Waals surface area contributed by atoms with Crippen LogP contribution in [0.2, 0.25) is 0 Å². The number of urea groups is 1. The van der Waals surface area contributed by atoms with Crippen molar-refractivity contribution in [3.8, 4) is 0 Å². The molecule has 0 saturated heterocycles. The zero-order chi connectivity index (χ0) is 12.1. The molecule has 0 unspecified atom stereocenters. The summed E-state index contributed by atoms with van der Waals surface area (Å²) in [5.41, 5.74) is 0. The van der Waals surface area contributed by atoms with Gasteiger partial charge in [-0.05, 0) is 5.92 Å². The minimum absolute atomic E-state index is 0.192. The minimum atomic E-state index is -1.06. The van der Waals surface area contributed by atoms with Crippen LogP contribution >= 0.6 is 11.5 Å². The third-order valence-electron chi connectivity index (χ3n) is 1.82. The maximum Gasteiger partial charge on any atom is 0.326 e. The predicted molar refractivity (Wildman–Crippen MR) is 58.3 cm³/mol. The van der Waals surface area contributed by atoms with E-state index >= 15 is 0 Å². The number of hydrogen-bond donors (Lipinski definition) is 3. The van der Waals surface area contributed by atoms with E-state index in [1.54, 1.807) is 13.8 Å². The van der Waals surface area contributed by atoms with Gasteiger partial charge in [0.25, 0.3) is 0 Å². The number of amides is 2. The van der Waals surface area contributed by atoms with Gasteiger partial charge in [-0.3, -0.25) is 5.32 Å². The average molecular weight is 244 g/mol. The number of carbonyl (C=O) groups is 2. The monoisotopic (exact) mass is 244 g/mol. The molecular formula is C8H12N4O3S. The number of aromatic nitrogens is 2. The Morgan fingerprint density at radius 1 is 1.50 bits per heavy atom. The molecule has 16 heavy (non-hydrogen) atoms. The molecule has 1 atom stereocenters. The summed E-state index contributed by atoms with van der Waals surface area (Å²) in [4.78, 5) is 22.2. The molecule has 0 aliphatic carbocycles. The van der Waals surface area contributed by atoms with Gasteiger partial charge in [0.15, 0.2) is 0 Å². The Bertz CT molecular complexity index is 365. The molecule has 0 aliphatic heterocycles. The first kappa shape index (κ1) is 12.4. The second-order valence-corrected chi connectivity index (χ2v) is 4.23. The largest absolute Gasteiger partial charge is 0.480 e. The highest BCUT2D eigenvalue weighted by Crippen LogP contribution is 2.09. The fraction of sp³-hybridized carbons (Fsp3) is 0.500. The van der Waals surface area contributed by atoms with Crippen molar-refractivity contribution in [2.75, 3.05) is 5.32 Å². The summed E-state index contributed by atoms with van der Waals surface area (Å²) >= 11 is 1.01. The standard InChI is InChI=1S/C8H12N4O3S/c1-4(2)6(7(13)14)11-8(15)10-5-3-9-12-16-5/h3-4,6H,1-2H3,(H,13,14)(H2,10,11,15)/t6-/m0/s1. The van der Waals surface area contributed by atoms with Crippen molar-refractivity contribution < 1.29 is 14.7 Å². The van der Waals surface area contributed by atoms with E-state index in [1.807, 2.05) is 0 Å². The van der Waals surface area contributed by atoms with Gasteiger partial charge in [0.05, 0.1) is 6.20 Å². The molecule has 7 nitrogen and oxygen atoms in total. The molecule has 0 aliphatic rings. The number of aliphatic carboxylic acids is 1. The lowest BCUT2D eigenvalue weighted by atomic mass is 10.1. The summed E-state index contributed by atoms with van der Waals surface area (Å²) in [6.07, 6.45) is 1.38.